The van der Waals surface area contributed by atoms with Crippen LogP contribution < -0.4 is 9.80 Å². The summed E-state index contributed by atoms with van der Waals surface area (Å²) in [7, 11) is 0. The minimum absolute atomic E-state index is 0.240. The highest BCUT2D eigenvalue weighted by Gasteiger charge is 2.36. The van der Waals surface area contributed by atoms with Crippen LogP contribution in [-0.4, -0.2) is 0 Å². The Morgan fingerprint density at radius 1 is 0.319 bits per heavy atom. The van der Waals surface area contributed by atoms with Crippen molar-refractivity contribution in [1.82, 2.24) is 0 Å². The molecule has 0 spiro atoms. The summed E-state index contributed by atoms with van der Waals surface area (Å²) in [5.74, 6) is 0. The van der Waals surface area contributed by atoms with Crippen molar-refractivity contribution >= 4 is 99.5 Å². The smallest absolute Gasteiger partial charge is 0.159 e. The van der Waals surface area contributed by atoms with E-state index in [1.54, 1.807) is 0 Å². The maximum absolute atomic E-state index is 6.79. The maximum Gasteiger partial charge on any atom is 0.159 e. The van der Waals surface area contributed by atoms with Gasteiger partial charge in [-0.3, -0.25) is 0 Å². The second-order valence-corrected chi connectivity index (χ2v) is 20.1. The van der Waals surface area contributed by atoms with Crippen molar-refractivity contribution in [2.24, 2.45) is 0 Å². The predicted molar refractivity (Wildman–Crippen MR) is 291 cm³/mol. The van der Waals surface area contributed by atoms with Crippen molar-refractivity contribution in [3.63, 3.8) is 0 Å². The highest BCUT2D eigenvalue weighted by molar-refractivity contribution is 6.13. The van der Waals surface area contributed by atoms with Gasteiger partial charge in [-0.2, -0.15) is 0 Å². The van der Waals surface area contributed by atoms with E-state index in [1.165, 1.54) is 66.1 Å². The van der Waals surface area contributed by atoms with Crippen LogP contribution in [0.25, 0.3) is 76.5 Å². The molecule has 10 aromatic carbocycles. The Morgan fingerprint density at radius 2 is 0.696 bits per heavy atom. The van der Waals surface area contributed by atoms with Crippen LogP contribution in [0.1, 0.15) is 58.4 Å². The molecule has 4 nitrogen and oxygen atoms in total. The molecule has 2 aromatic heterocycles. The van der Waals surface area contributed by atoms with Gasteiger partial charge in [-0.25, -0.2) is 0 Å². The van der Waals surface area contributed by atoms with Gasteiger partial charge in [-0.15, -0.1) is 0 Å². The van der Waals surface area contributed by atoms with Gasteiger partial charge in [0, 0.05) is 49.7 Å². The van der Waals surface area contributed by atoms with Gasteiger partial charge in [0.2, 0.25) is 0 Å². The number of para-hydroxylation sites is 4. The molecule has 0 fully saturated rings. The Labute approximate surface area is 402 Å². The fraction of sp³-hybridized carbons (Fsp3) is 0.138. The second kappa shape index (κ2) is 15.0. The first-order chi connectivity index (χ1) is 33.4. The lowest BCUT2D eigenvalue weighted by Gasteiger charge is -2.27. The Kier molecular flexibility index (Phi) is 8.92. The Morgan fingerprint density at radius 3 is 1.12 bits per heavy atom. The highest BCUT2D eigenvalue weighted by atomic mass is 16.3. The number of furan rings is 2. The zero-order valence-corrected chi connectivity index (χ0v) is 40.4. The third kappa shape index (κ3) is 6.21. The number of rotatable bonds is 6. The number of nitrogens with zero attached hydrogens (tertiary/aromatic N) is 2. The molecule has 0 radical (unpaired) electrons. The van der Waals surface area contributed by atoms with Crippen LogP contribution in [0, 0.1) is 41.5 Å². The maximum atomic E-state index is 6.79. The van der Waals surface area contributed by atoms with Crippen molar-refractivity contribution in [2.75, 3.05) is 9.80 Å². The minimum atomic E-state index is -0.240. The molecule has 0 unspecified atom stereocenters. The summed E-state index contributed by atoms with van der Waals surface area (Å²) in [6.07, 6.45) is 0. The molecule has 1 aliphatic rings. The number of benzene rings is 10. The van der Waals surface area contributed by atoms with E-state index in [-0.39, 0.29) is 5.41 Å². The lowest BCUT2D eigenvalue weighted by molar-refractivity contribution is 0.662. The topological polar surface area (TPSA) is 32.8 Å². The number of aryl methyl sites for hydroxylation is 6. The lowest BCUT2D eigenvalue weighted by atomic mass is 9.81. The predicted octanol–water partition coefficient (Wildman–Crippen LogP) is 18.9. The van der Waals surface area contributed by atoms with Gasteiger partial charge in [-0.1, -0.05) is 98.8 Å². The van der Waals surface area contributed by atoms with Crippen LogP contribution in [0.3, 0.4) is 0 Å². The molecule has 69 heavy (non-hydrogen) atoms. The summed E-state index contributed by atoms with van der Waals surface area (Å²) in [5, 5.41) is 9.37. The molecule has 0 atom stereocenters. The molecule has 4 heteroatoms. The second-order valence-electron chi connectivity index (χ2n) is 20.1. The first kappa shape index (κ1) is 41.1. The Bertz CT molecular complexity index is 3880. The van der Waals surface area contributed by atoms with Gasteiger partial charge in [0.25, 0.3) is 0 Å². The fourth-order valence-electron chi connectivity index (χ4n) is 11.3. The van der Waals surface area contributed by atoms with Crippen molar-refractivity contribution in [3.05, 3.63) is 214 Å². The van der Waals surface area contributed by atoms with E-state index in [0.717, 1.165) is 89.1 Å². The molecule has 0 bridgehead atoms. The van der Waals surface area contributed by atoms with Crippen molar-refractivity contribution in [3.8, 4) is 11.1 Å². The summed E-state index contributed by atoms with van der Waals surface area (Å²) in [4.78, 5) is 4.75. The highest BCUT2D eigenvalue weighted by Crippen LogP contribution is 2.53. The molecule has 0 amide bonds. The van der Waals surface area contributed by atoms with Gasteiger partial charge in [0.1, 0.15) is 11.2 Å². The molecular weight excluding hydrogens is 841 g/mol. The van der Waals surface area contributed by atoms with E-state index in [9.17, 15) is 0 Å². The van der Waals surface area contributed by atoms with E-state index in [4.69, 9.17) is 8.83 Å². The largest absolute Gasteiger partial charge is 0.454 e. The van der Waals surface area contributed by atoms with E-state index < -0.39 is 0 Å². The Hall–Kier alpha value is -8.08. The average Bonchev–Trinajstić information content (AvgIpc) is 4.00. The third-order valence-electron chi connectivity index (χ3n) is 15.5. The Balaban J connectivity index is 0.941. The zero-order chi connectivity index (χ0) is 47.0. The number of hydrogen-bond donors (Lipinski definition) is 0. The van der Waals surface area contributed by atoms with Crippen LogP contribution in [0.15, 0.2) is 179 Å². The molecule has 0 aliphatic heterocycles. The normalized spacial score (nSPS) is 13.0. The SMILES string of the molecule is Cc1ccc(N(c2ccc3cc4c(cc3c2)C(C)(C)c2cc3cc(N(c5ccc(C)c(C)c5)c5cccc6c5oc5c(C)cccc56)ccc3cc2-4)c2cccc3c2oc2c(C)cccc23)cc1C. The van der Waals surface area contributed by atoms with Gasteiger partial charge in [0.05, 0.1) is 11.4 Å². The molecule has 2 heterocycles. The number of hydrogen-bond acceptors (Lipinski definition) is 4. The first-order valence-electron chi connectivity index (χ1n) is 24.1. The van der Waals surface area contributed by atoms with Crippen LogP contribution >= 0.6 is 0 Å². The lowest BCUT2D eigenvalue weighted by Crippen LogP contribution is -2.15. The number of fused-ring (bicyclic) bond motifs is 11. The average molecular weight is 893 g/mol. The van der Waals surface area contributed by atoms with Crippen LogP contribution in [-0.2, 0) is 5.41 Å². The summed E-state index contributed by atoms with van der Waals surface area (Å²) < 4.78 is 13.6. The summed E-state index contributed by atoms with van der Waals surface area (Å²) >= 11 is 0. The van der Waals surface area contributed by atoms with Gasteiger partial charge < -0.3 is 18.6 Å². The zero-order valence-electron chi connectivity index (χ0n) is 40.4. The van der Waals surface area contributed by atoms with Gasteiger partial charge in [0.15, 0.2) is 11.2 Å². The number of anilines is 6. The first-order valence-corrected chi connectivity index (χ1v) is 24.1. The third-order valence-corrected chi connectivity index (χ3v) is 15.5. The molecule has 0 N–H and O–H groups in total. The van der Waals surface area contributed by atoms with E-state index >= 15 is 0 Å². The molecule has 12 aromatic rings. The molecule has 334 valence electrons. The van der Waals surface area contributed by atoms with Crippen molar-refractivity contribution < 1.29 is 8.83 Å². The molecule has 0 saturated carbocycles. The standard InChI is InChI=1S/C65H52N2O2/c1-37-21-25-47(29-41(37)5)66(59-19-11-17-53-51-15-9-13-39(3)61(51)68-63(53)59)49-27-23-43-33-55-56-34-44-24-28-50(32-46(44)36-58(56)65(7,8)57(55)35-45(43)31-49)67(48-26-22-38(2)42(6)30-48)60-20-12-18-54-52-16-10-14-40(4)62(52)69-64(54)60/h9-36H,1-8H3. The van der Waals surface area contributed by atoms with Crippen molar-refractivity contribution in [2.45, 2.75) is 60.8 Å². The van der Waals surface area contributed by atoms with Crippen LogP contribution in [0.5, 0.6) is 0 Å². The van der Waals surface area contributed by atoms with E-state index in [2.05, 4.69) is 235 Å². The van der Waals surface area contributed by atoms with Gasteiger partial charge in [-0.05, 0) is 204 Å². The minimum Gasteiger partial charge on any atom is -0.454 e. The molecule has 13 rings (SSSR count). The summed E-state index contributed by atoms with van der Waals surface area (Å²) in [6, 6.07) is 63.0. The fourth-order valence-corrected chi connectivity index (χ4v) is 11.3. The van der Waals surface area contributed by atoms with Crippen molar-refractivity contribution in [1.29, 1.82) is 0 Å². The quantitative estimate of drug-likeness (QED) is 0.166. The summed E-state index contributed by atoms with van der Waals surface area (Å²) in [6.45, 7) is 17.8. The molecule has 1 aliphatic carbocycles. The molecular formula is C65H52N2O2. The summed E-state index contributed by atoms with van der Waals surface area (Å²) in [5.41, 5.74) is 22.4. The monoisotopic (exact) mass is 892 g/mol. The van der Waals surface area contributed by atoms with Gasteiger partial charge >= 0.3 is 0 Å². The van der Waals surface area contributed by atoms with E-state index in [0.29, 0.717) is 0 Å². The molecule has 0 saturated heterocycles. The van der Waals surface area contributed by atoms with Crippen LogP contribution in [0.4, 0.5) is 34.1 Å². The van der Waals surface area contributed by atoms with E-state index in [1.807, 2.05) is 0 Å². The van der Waals surface area contributed by atoms with Crippen LogP contribution in [0.2, 0.25) is 0 Å².